The van der Waals surface area contributed by atoms with Gasteiger partial charge in [0.25, 0.3) is 0 Å². The van der Waals surface area contributed by atoms with Crippen LogP contribution in [0.2, 0.25) is 0 Å². The van der Waals surface area contributed by atoms with Gasteiger partial charge in [0.1, 0.15) is 15.9 Å². The molecule has 0 spiro atoms. The third-order valence-electron chi connectivity index (χ3n) is 5.29. The third-order valence-corrected chi connectivity index (χ3v) is 7.05. The molecule has 2 aromatic carbocycles. The summed E-state index contributed by atoms with van der Waals surface area (Å²) < 4.78 is 69.4. The summed E-state index contributed by atoms with van der Waals surface area (Å²) in [6.45, 7) is 7.23. The molecule has 2 aromatic rings. The monoisotopic (exact) mass is 621 g/mol. The molecule has 0 aliphatic heterocycles. The van der Waals surface area contributed by atoms with Crippen LogP contribution < -0.4 is 61.4 Å². The van der Waals surface area contributed by atoms with Crippen molar-refractivity contribution in [3.05, 3.63) is 54.1 Å². The molecule has 0 N–H and O–H groups in total. The second-order valence-corrected chi connectivity index (χ2v) is 13.1. The van der Waals surface area contributed by atoms with Crippen LogP contribution >= 0.6 is 8.46 Å². The summed E-state index contributed by atoms with van der Waals surface area (Å²) in [4.78, 5) is 24.8. The molecule has 1 unspecified atom stereocenters. The molecule has 40 heavy (non-hydrogen) atoms. The van der Waals surface area contributed by atoms with E-state index in [2.05, 4.69) is 0 Å². The van der Waals surface area contributed by atoms with E-state index in [1.165, 1.54) is 0 Å². The minimum Gasteiger partial charge on any atom is -0.746 e. The van der Waals surface area contributed by atoms with Crippen molar-refractivity contribution in [1.82, 2.24) is 0 Å². The molecule has 214 valence electrons. The van der Waals surface area contributed by atoms with E-state index < -0.39 is 53.3 Å². The maximum Gasteiger partial charge on any atom is 1.00 e. The summed E-state index contributed by atoms with van der Waals surface area (Å²) in [5, 5.41) is 0.430. The van der Waals surface area contributed by atoms with Gasteiger partial charge >= 0.3 is 78.3 Å². The van der Waals surface area contributed by atoms with Crippen LogP contribution in [-0.4, -0.2) is 36.8 Å². The van der Waals surface area contributed by atoms with Crippen LogP contribution in [0.4, 0.5) is 0 Å². The van der Waals surface area contributed by atoms with Crippen molar-refractivity contribution in [1.29, 1.82) is 0 Å². The number of esters is 2. The molecule has 2 rings (SSSR count). The predicted molar refractivity (Wildman–Crippen MR) is 144 cm³/mol. The predicted octanol–water partition coefficient (Wildman–Crippen LogP) is 1.80. The number of hydrogen-bond acceptors (Lipinski definition) is 10. The summed E-state index contributed by atoms with van der Waals surface area (Å²) >= 11 is 0. The molecule has 0 aliphatic rings. The number of benzene rings is 2. The molecule has 0 radical (unpaired) electrons. The van der Waals surface area contributed by atoms with E-state index in [-0.39, 0.29) is 70.6 Å². The average molecular weight is 622 g/mol. The first-order valence-corrected chi connectivity index (χ1v) is 14.7. The number of carbonyl (C=O) groups is 2. The molecule has 0 saturated heterocycles. The van der Waals surface area contributed by atoms with Crippen molar-refractivity contribution < 1.29 is 97.5 Å². The fourth-order valence-corrected chi connectivity index (χ4v) is 4.33. The molecule has 0 saturated carbocycles. The second kappa shape index (κ2) is 15.9. The normalized spacial score (nSPS) is 12.9. The molecule has 0 aromatic heterocycles. The maximum atomic E-state index is 12.4. The zero-order chi connectivity index (χ0) is 29.4. The largest absolute Gasteiger partial charge is 1.00 e. The first-order valence-electron chi connectivity index (χ1n) is 12.3. The van der Waals surface area contributed by atoms with Gasteiger partial charge in [0, 0.05) is 5.56 Å². The summed E-state index contributed by atoms with van der Waals surface area (Å²) in [5.74, 6) is -0.708. The number of hydrogen-bond donors (Lipinski definition) is 0. The molecule has 13 heteroatoms. The second-order valence-electron chi connectivity index (χ2n) is 10.9. The Morgan fingerprint density at radius 1 is 0.900 bits per heavy atom. The summed E-state index contributed by atoms with van der Waals surface area (Å²) in [6.07, 6.45) is 0.0410. The maximum absolute atomic E-state index is 12.4. The minimum absolute atomic E-state index is 0. The van der Waals surface area contributed by atoms with Crippen molar-refractivity contribution in [2.75, 3.05) is 0 Å². The van der Waals surface area contributed by atoms with Crippen LogP contribution in [0.5, 0.6) is 11.5 Å². The minimum atomic E-state index is -5.06. The van der Waals surface area contributed by atoms with E-state index >= 15 is 0 Å². The van der Waals surface area contributed by atoms with Gasteiger partial charge in [0.2, 0.25) is 5.30 Å². The fourth-order valence-electron chi connectivity index (χ4n) is 3.07. The van der Waals surface area contributed by atoms with E-state index in [1.807, 2.05) is 6.07 Å². The summed E-state index contributed by atoms with van der Waals surface area (Å²) in [7, 11) is -5.91. The zero-order valence-electron chi connectivity index (χ0n) is 23.9. The van der Waals surface area contributed by atoms with Gasteiger partial charge in [-0.2, -0.15) is 0 Å². The van der Waals surface area contributed by atoms with Crippen molar-refractivity contribution in [3.63, 3.8) is 0 Å². The fraction of sp³-hybridized carbons (Fsp3) is 0.481. The number of rotatable bonds is 12. The van der Waals surface area contributed by atoms with Gasteiger partial charge in [0.15, 0.2) is 11.2 Å². The van der Waals surface area contributed by atoms with Crippen molar-refractivity contribution >= 4 is 35.8 Å². The standard InChI is InChI=1S/C27H35O10PS.K/c1-26(2,3)23(28)36-25(37-24(29)27(4,5)6)35-21(39(31,32)33)17-11-13-18-12-10-16-20(22(18)38-30)34-19-14-8-7-9-15-19;/h7-10,12,14-16,21,25H,11,13,17H2,1-6H3,(H,31,32,33);/q;+1/t21-;/m0./s1. The van der Waals surface area contributed by atoms with Gasteiger partial charge in [0.05, 0.1) is 10.8 Å². The molecule has 0 amide bonds. The van der Waals surface area contributed by atoms with Gasteiger partial charge in [-0.1, -0.05) is 34.9 Å². The van der Waals surface area contributed by atoms with Crippen LogP contribution in [-0.2, 0) is 44.9 Å². The van der Waals surface area contributed by atoms with Gasteiger partial charge in [-0.3, -0.25) is 14.3 Å². The molecule has 2 atom stereocenters. The van der Waals surface area contributed by atoms with Crippen LogP contribution in [0, 0.1) is 10.8 Å². The zero-order valence-corrected chi connectivity index (χ0v) is 28.8. The van der Waals surface area contributed by atoms with E-state index in [0.717, 1.165) is 0 Å². The van der Waals surface area contributed by atoms with Gasteiger partial charge < -0.3 is 18.8 Å². The molecule has 0 fully saturated rings. The molecule has 0 aliphatic carbocycles. The van der Waals surface area contributed by atoms with Gasteiger partial charge in [-0.05, 0) is 79.0 Å². The van der Waals surface area contributed by atoms with Crippen LogP contribution in [0.25, 0.3) is 0 Å². The van der Waals surface area contributed by atoms with E-state index in [9.17, 15) is 27.1 Å². The summed E-state index contributed by atoms with van der Waals surface area (Å²) in [5.41, 5.74) is -3.40. The van der Waals surface area contributed by atoms with E-state index in [4.69, 9.17) is 18.9 Å². The van der Waals surface area contributed by atoms with Crippen LogP contribution in [0.15, 0.2) is 48.5 Å². The SMILES string of the molecule is CC(C)(C)C(=O)OC(OC(=O)C(C)(C)C)O[C@H](CCCc1cccc(Oc2ccccc2)c1[PH+]=O)S(=O)(=O)[O-].[K+]. The Kier molecular flexibility index (Phi) is 14.6. The molecular formula is C27H35KO10PS+. The smallest absolute Gasteiger partial charge is 0.746 e. The summed E-state index contributed by atoms with van der Waals surface area (Å²) in [6, 6.07) is 14.0. The van der Waals surface area contributed by atoms with Crippen molar-refractivity contribution in [2.24, 2.45) is 10.8 Å². The Bertz CT molecular complexity index is 1230. The first-order chi connectivity index (χ1) is 18.0. The first kappa shape index (κ1) is 36.8. The number of ether oxygens (including phenoxy) is 4. The Morgan fingerprint density at radius 3 is 1.93 bits per heavy atom. The Labute approximate surface area is 279 Å². The van der Waals surface area contributed by atoms with E-state index in [1.54, 1.807) is 84.0 Å². The van der Waals surface area contributed by atoms with Crippen LogP contribution in [0.3, 0.4) is 0 Å². The molecular weight excluding hydrogens is 586 g/mol. The van der Waals surface area contributed by atoms with Gasteiger partial charge in [-0.25, -0.2) is 8.42 Å². The quantitative estimate of drug-likeness (QED) is 0.113. The number of aryl methyl sites for hydroxylation is 1. The van der Waals surface area contributed by atoms with Crippen molar-refractivity contribution in [3.8, 4) is 11.5 Å². The van der Waals surface area contributed by atoms with Crippen LogP contribution in [0.1, 0.15) is 59.9 Å². The Hall–Kier alpha value is -1.21. The molecule has 0 heterocycles. The van der Waals surface area contributed by atoms with Crippen molar-refractivity contribution in [2.45, 2.75) is 72.7 Å². The Balaban J connectivity index is 0.00000800. The average Bonchev–Trinajstić information content (AvgIpc) is 2.82. The number of para-hydroxylation sites is 1. The van der Waals surface area contributed by atoms with E-state index in [0.29, 0.717) is 22.4 Å². The number of carbonyl (C=O) groups excluding carboxylic acids is 2. The third kappa shape index (κ3) is 12.0. The topological polar surface area (TPSA) is 145 Å². The molecule has 0 bridgehead atoms. The molecule has 10 nitrogen and oxygen atoms in total. The Morgan fingerprint density at radius 2 is 1.45 bits per heavy atom. The van der Waals surface area contributed by atoms with Gasteiger partial charge in [-0.15, -0.1) is 0 Å².